The Morgan fingerprint density at radius 1 is 1.20 bits per heavy atom. The molecule has 0 spiro atoms. The largest absolute Gasteiger partial charge is 0.467 e. The number of carbonyl (C=O) groups excluding carboxylic acids is 2. The van der Waals surface area contributed by atoms with Gasteiger partial charge in [-0.2, -0.15) is 0 Å². The standard InChI is InChI=1S/C15H21NO4/c1-10-5-6-12(7-11(10)2)8-13(15(18)20-4)16-14(17)9-19-3/h5-7,13H,8-9H2,1-4H3,(H,16,17)/t13-/m1/s1. The number of ether oxygens (including phenoxy) is 2. The molecule has 0 radical (unpaired) electrons. The van der Waals surface area contributed by atoms with Crippen LogP contribution in [0.15, 0.2) is 18.2 Å². The third kappa shape index (κ3) is 4.66. The summed E-state index contributed by atoms with van der Waals surface area (Å²) in [6.07, 6.45) is 0.392. The van der Waals surface area contributed by atoms with Crippen LogP contribution in [0.4, 0.5) is 0 Å². The molecule has 0 aliphatic carbocycles. The van der Waals surface area contributed by atoms with Crippen LogP contribution in [-0.4, -0.2) is 38.7 Å². The Hall–Kier alpha value is -1.88. The van der Waals surface area contributed by atoms with Crippen molar-refractivity contribution < 1.29 is 19.1 Å². The van der Waals surface area contributed by atoms with Crippen molar-refractivity contribution >= 4 is 11.9 Å². The molecule has 0 aliphatic rings. The number of rotatable bonds is 6. The molecule has 0 fully saturated rings. The first-order valence-electron chi connectivity index (χ1n) is 6.40. The summed E-state index contributed by atoms with van der Waals surface area (Å²) in [4.78, 5) is 23.3. The van der Waals surface area contributed by atoms with Crippen LogP contribution >= 0.6 is 0 Å². The fourth-order valence-corrected chi connectivity index (χ4v) is 1.87. The molecule has 1 aromatic rings. The average Bonchev–Trinajstić information content (AvgIpc) is 2.41. The smallest absolute Gasteiger partial charge is 0.328 e. The number of hydrogen-bond donors (Lipinski definition) is 1. The number of aryl methyl sites for hydroxylation is 2. The maximum absolute atomic E-state index is 11.7. The topological polar surface area (TPSA) is 64.6 Å². The highest BCUT2D eigenvalue weighted by Crippen LogP contribution is 2.12. The van der Waals surface area contributed by atoms with E-state index in [4.69, 9.17) is 9.47 Å². The molecule has 0 aliphatic heterocycles. The molecule has 1 aromatic carbocycles. The monoisotopic (exact) mass is 279 g/mol. The van der Waals surface area contributed by atoms with Crippen LogP contribution in [0.1, 0.15) is 16.7 Å². The lowest BCUT2D eigenvalue weighted by Crippen LogP contribution is -2.44. The van der Waals surface area contributed by atoms with E-state index in [1.807, 2.05) is 32.0 Å². The second kappa shape index (κ2) is 7.65. The van der Waals surface area contributed by atoms with Gasteiger partial charge in [0.25, 0.3) is 0 Å². The third-order valence-electron chi connectivity index (χ3n) is 3.11. The van der Waals surface area contributed by atoms with Crippen molar-refractivity contribution in [2.75, 3.05) is 20.8 Å². The number of methoxy groups -OCH3 is 2. The lowest BCUT2D eigenvalue weighted by atomic mass is 10.0. The molecule has 5 heteroatoms. The highest BCUT2D eigenvalue weighted by molar-refractivity contribution is 5.85. The summed E-state index contributed by atoms with van der Waals surface area (Å²) in [5.41, 5.74) is 3.31. The van der Waals surface area contributed by atoms with Crippen molar-refractivity contribution in [3.05, 3.63) is 34.9 Å². The summed E-state index contributed by atoms with van der Waals surface area (Å²) in [5.74, 6) is -0.806. The zero-order valence-electron chi connectivity index (χ0n) is 12.4. The van der Waals surface area contributed by atoms with Crippen LogP contribution in [-0.2, 0) is 25.5 Å². The van der Waals surface area contributed by atoms with Crippen LogP contribution in [0.2, 0.25) is 0 Å². The van der Waals surface area contributed by atoms with Gasteiger partial charge in [0, 0.05) is 13.5 Å². The Labute approximate surface area is 119 Å². The molecular formula is C15H21NO4. The predicted octanol–water partition coefficient (Wildman–Crippen LogP) is 1.15. The van der Waals surface area contributed by atoms with Crippen molar-refractivity contribution in [3.63, 3.8) is 0 Å². The fraction of sp³-hybridized carbons (Fsp3) is 0.467. The van der Waals surface area contributed by atoms with Crippen molar-refractivity contribution in [1.82, 2.24) is 5.32 Å². The van der Waals surface area contributed by atoms with Crippen molar-refractivity contribution in [2.24, 2.45) is 0 Å². The first kappa shape index (κ1) is 16.2. The van der Waals surface area contributed by atoms with Crippen molar-refractivity contribution in [3.8, 4) is 0 Å². The number of nitrogens with one attached hydrogen (secondary N) is 1. The first-order valence-corrected chi connectivity index (χ1v) is 6.40. The van der Waals surface area contributed by atoms with Gasteiger partial charge in [-0.3, -0.25) is 4.79 Å². The Kier molecular flexibility index (Phi) is 6.18. The zero-order chi connectivity index (χ0) is 15.1. The molecule has 0 saturated heterocycles. The molecule has 0 heterocycles. The van der Waals surface area contributed by atoms with E-state index in [1.165, 1.54) is 19.8 Å². The minimum atomic E-state index is -0.704. The second-order valence-corrected chi connectivity index (χ2v) is 4.70. The maximum Gasteiger partial charge on any atom is 0.328 e. The summed E-state index contributed by atoms with van der Waals surface area (Å²) >= 11 is 0. The molecule has 0 bridgehead atoms. The van der Waals surface area contributed by atoms with Gasteiger partial charge in [0.1, 0.15) is 12.6 Å². The van der Waals surface area contributed by atoms with E-state index < -0.39 is 12.0 Å². The minimum absolute atomic E-state index is 0.0829. The van der Waals surface area contributed by atoms with E-state index in [-0.39, 0.29) is 12.5 Å². The van der Waals surface area contributed by atoms with Gasteiger partial charge in [-0.25, -0.2) is 4.79 Å². The quantitative estimate of drug-likeness (QED) is 0.793. The van der Waals surface area contributed by atoms with Gasteiger partial charge in [0.15, 0.2) is 0 Å². The van der Waals surface area contributed by atoms with Gasteiger partial charge >= 0.3 is 5.97 Å². The average molecular weight is 279 g/mol. The van der Waals surface area contributed by atoms with E-state index in [1.54, 1.807) is 0 Å². The van der Waals surface area contributed by atoms with E-state index in [2.05, 4.69) is 5.32 Å². The Morgan fingerprint density at radius 3 is 2.45 bits per heavy atom. The van der Waals surface area contributed by atoms with E-state index in [0.29, 0.717) is 6.42 Å². The summed E-state index contributed by atoms with van der Waals surface area (Å²) in [5, 5.41) is 2.61. The summed E-state index contributed by atoms with van der Waals surface area (Å²) < 4.78 is 9.46. The SMILES string of the molecule is COCC(=O)N[C@H](Cc1ccc(C)c(C)c1)C(=O)OC. The second-order valence-electron chi connectivity index (χ2n) is 4.70. The van der Waals surface area contributed by atoms with Gasteiger partial charge in [0.2, 0.25) is 5.91 Å². The number of carbonyl (C=O) groups is 2. The van der Waals surface area contributed by atoms with Gasteiger partial charge < -0.3 is 14.8 Å². The Bertz CT molecular complexity index is 485. The van der Waals surface area contributed by atoms with Crippen LogP contribution in [0.5, 0.6) is 0 Å². The van der Waals surface area contributed by atoms with Gasteiger partial charge in [0.05, 0.1) is 7.11 Å². The molecule has 0 unspecified atom stereocenters. The predicted molar refractivity (Wildman–Crippen MR) is 75.4 cm³/mol. The first-order chi connectivity index (χ1) is 9.47. The van der Waals surface area contributed by atoms with E-state index >= 15 is 0 Å². The normalized spacial score (nSPS) is 11.8. The van der Waals surface area contributed by atoms with Crippen LogP contribution in [0.25, 0.3) is 0 Å². The highest BCUT2D eigenvalue weighted by atomic mass is 16.5. The fourth-order valence-electron chi connectivity index (χ4n) is 1.87. The van der Waals surface area contributed by atoms with Crippen molar-refractivity contribution in [1.29, 1.82) is 0 Å². The van der Waals surface area contributed by atoms with Gasteiger partial charge in [-0.1, -0.05) is 18.2 Å². The summed E-state index contributed by atoms with van der Waals surface area (Å²) in [6, 6.07) is 5.24. The maximum atomic E-state index is 11.7. The molecule has 1 rings (SSSR count). The van der Waals surface area contributed by atoms with Crippen LogP contribution in [0.3, 0.4) is 0 Å². The van der Waals surface area contributed by atoms with Crippen LogP contribution in [0, 0.1) is 13.8 Å². The van der Waals surface area contributed by atoms with Gasteiger partial charge in [-0.15, -0.1) is 0 Å². The molecule has 1 amide bonds. The Balaban J connectivity index is 2.80. The lowest BCUT2D eigenvalue weighted by Gasteiger charge is -2.17. The van der Waals surface area contributed by atoms with Gasteiger partial charge in [-0.05, 0) is 30.5 Å². The molecular weight excluding hydrogens is 258 g/mol. The third-order valence-corrected chi connectivity index (χ3v) is 3.11. The van der Waals surface area contributed by atoms with E-state index in [0.717, 1.165) is 11.1 Å². The number of amides is 1. The number of hydrogen-bond acceptors (Lipinski definition) is 4. The molecule has 5 nitrogen and oxygen atoms in total. The summed E-state index contributed by atoms with van der Waals surface area (Å²) in [7, 11) is 2.73. The number of esters is 1. The highest BCUT2D eigenvalue weighted by Gasteiger charge is 2.21. The van der Waals surface area contributed by atoms with E-state index in [9.17, 15) is 9.59 Å². The van der Waals surface area contributed by atoms with Crippen molar-refractivity contribution in [2.45, 2.75) is 26.3 Å². The molecule has 1 atom stereocenters. The van der Waals surface area contributed by atoms with Crippen LogP contribution < -0.4 is 5.32 Å². The molecule has 1 N–H and O–H groups in total. The molecule has 0 saturated carbocycles. The Morgan fingerprint density at radius 2 is 1.90 bits per heavy atom. The molecule has 20 heavy (non-hydrogen) atoms. The summed E-state index contributed by atoms with van der Waals surface area (Å²) in [6.45, 7) is 3.95. The zero-order valence-corrected chi connectivity index (χ0v) is 12.4. The molecule has 110 valence electrons. The molecule has 0 aromatic heterocycles. The lowest BCUT2D eigenvalue weighted by molar-refractivity contribution is -0.145. The number of benzene rings is 1. The minimum Gasteiger partial charge on any atom is -0.467 e.